The minimum atomic E-state index is -0.779. The van der Waals surface area contributed by atoms with Crippen molar-refractivity contribution in [2.24, 2.45) is 0 Å². The van der Waals surface area contributed by atoms with Gasteiger partial charge in [0.25, 0.3) is 0 Å². The molecule has 0 aromatic rings. The molecular formula is C37H66O5. The maximum absolute atomic E-state index is 12.1. The van der Waals surface area contributed by atoms with Crippen LogP contribution in [-0.2, 0) is 19.1 Å². The lowest BCUT2D eigenvalue weighted by molar-refractivity contribution is -0.161. The molecule has 0 aliphatic carbocycles. The molecule has 42 heavy (non-hydrogen) atoms. The van der Waals surface area contributed by atoms with Gasteiger partial charge in [-0.05, 0) is 64.2 Å². The van der Waals surface area contributed by atoms with Crippen molar-refractivity contribution in [1.82, 2.24) is 0 Å². The lowest BCUT2D eigenvalue weighted by Crippen LogP contribution is -2.28. The van der Waals surface area contributed by atoms with E-state index in [0.29, 0.717) is 12.8 Å². The third kappa shape index (κ3) is 31.1. The van der Waals surface area contributed by atoms with Crippen molar-refractivity contribution < 1.29 is 24.2 Å². The van der Waals surface area contributed by atoms with E-state index >= 15 is 0 Å². The van der Waals surface area contributed by atoms with E-state index in [0.717, 1.165) is 64.2 Å². The molecule has 5 nitrogen and oxygen atoms in total. The molecular weight excluding hydrogens is 524 g/mol. The molecule has 0 aliphatic heterocycles. The van der Waals surface area contributed by atoms with Crippen molar-refractivity contribution in [1.29, 1.82) is 0 Å². The second-order valence-electron chi connectivity index (χ2n) is 11.6. The van der Waals surface area contributed by atoms with Crippen molar-refractivity contribution in [3.05, 3.63) is 36.5 Å². The molecule has 0 amide bonds. The second kappa shape index (κ2) is 33.6. The van der Waals surface area contributed by atoms with E-state index in [9.17, 15) is 14.7 Å². The summed E-state index contributed by atoms with van der Waals surface area (Å²) in [6.45, 7) is 4.05. The highest BCUT2D eigenvalue weighted by molar-refractivity contribution is 5.70. The number of carbonyl (C=O) groups excluding carboxylic acids is 2. The Morgan fingerprint density at radius 1 is 0.548 bits per heavy atom. The summed E-state index contributed by atoms with van der Waals surface area (Å²) < 4.78 is 10.5. The predicted octanol–water partition coefficient (Wildman–Crippen LogP) is 10.5. The molecule has 0 saturated heterocycles. The lowest BCUT2D eigenvalue weighted by Gasteiger charge is -2.15. The van der Waals surface area contributed by atoms with Crippen LogP contribution in [0.3, 0.4) is 0 Å². The molecule has 0 unspecified atom stereocenters. The quantitative estimate of drug-likeness (QED) is 0.0494. The molecule has 0 aromatic heterocycles. The van der Waals surface area contributed by atoms with Crippen LogP contribution in [0.5, 0.6) is 0 Å². The average molecular weight is 591 g/mol. The van der Waals surface area contributed by atoms with Gasteiger partial charge in [0.1, 0.15) is 6.61 Å². The third-order valence-corrected chi connectivity index (χ3v) is 7.41. The number of unbranched alkanes of at least 4 members (excludes halogenated alkanes) is 17. The van der Waals surface area contributed by atoms with Crippen molar-refractivity contribution in [2.45, 2.75) is 174 Å². The van der Waals surface area contributed by atoms with Crippen LogP contribution in [0.15, 0.2) is 36.5 Å². The average Bonchev–Trinajstić information content (AvgIpc) is 2.99. The topological polar surface area (TPSA) is 72.8 Å². The summed E-state index contributed by atoms with van der Waals surface area (Å²) in [7, 11) is 0. The van der Waals surface area contributed by atoms with Gasteiger partial charge in [0.15, 0.2) is 6.10 Å². The number of hydrogen-bond donors (Lipinski definition) is 1. The van der Waals surface area contributed by atoms with Crippen molar-refractivity contribution >= 4 is 11.9 Å². The zero-order valence-electron chi connectivity index (χ0n) is 27.5. The summed E-state index contributed by atoms with van der Waals surface area (Å²) in [4.78, 5) is 24.1. The molecule has 1 atom stereocenters. The molecule has 0 aliphatic rings. The first-order valence-electron chi connectivity index (χ1n) is 17.5. The Labute approximate surface area is 259 Å². The zero-order chi connectivity index (χ0) is 30.8. The zero-order valence-corrected chi connectivity index (χ0v) is 27.5. The molecule has 0 bridgehead atoms. The van der Waals surface area contributed by atoms with Crippen LogP contribution < -0.4 is 0 Å². The number of hydrogen-bond acceptors (Lipinski definition) is 5. The molecule has 1 N–H and O–H groups in total. The number of aliphatic hydroxyl groups is 1. The van der Waals surface area contributed by atoms with Crippen LogP contribution in [-0.4, -0.2) is 36.4 Å². The van der Waals surface area contributed by atoms with Gasteiger partial charge in [-0.2, -0.15) is 0 Å². The smallest absolute Gasteiger partial charge is 0.306 e. The molecule has 244 valence electrons. The molecule has 5 heteroatoms. The standard InChI is InChI=1S/C37H66O5/c1-3-5-7-9-11-13-15-17-19-21-23-25-27-29-31-36(39)41-34-35(33-38)42-37(40)32-30-28-26-24-22-20-18-16-14-12-10-8-6-4-2/h10,12,15-18,35,38H,3-9,11,13-14,19-34H2,1-2H3/b12-10+,17-15+,18-16+/t35-/m0/s1. The lowest BCUT2D eigenvalue weighted by atomic mass is 10.1. The van der Waals surface area contributed by atoms with E-state index in [4.69, 9.17) is 9.47 Å². The SMILES string of the molecule is CCCC/C=C/C/C=C/CCCCCCCC(=O)O[C@@H](CO)COC(=O)CCCCCCC/C=C/CCCCCCC. The number of aliphatic hydroxyl groups excluding tert-OH is 1. The fourth-order valence-corrected chi connectivity index (χ4v) is 4.68. The molecule has 0 rings (SSSR count). The Morgan fingerprint density at radius 2 is 0.976 bits per heavy atom. The summed E-state index contributed by atoms with van der Waals surface area (Å²) >= 11 is 0. The fourth-order valence-electron chi connectivity index (χ4n) is 4.68. The van der Waals surface area contributed by atoms with Gasteiger partial charge in [0, 0.05) is 12.8 Å². The third-order valence-electron chi connectivity index (χ3n) is 7.41. The van der Waals surface area contributed by atoms with Gasteiger partial charge in [0.2, 0.25) is 0 Å². The summed E-state index contributed by atoms with van der Waals surface area (Å²) in [6, 6.07) is 0. The first kappa shape index (κ1) is 40.1. The summed E-state index contributed by atoms with van der Waals surface area (Å²) in [6.07, 6.45) is 39.1. The highest BCUT2D eigenvalue weighted by Gasteiger charge is 2.16. The maximum Gasteiger partial charge on any atom is 0.306 e. The summed E-state index contributed by atoms with van der Waals surface area (Å²) in [5, 5.41) is 9.51. The van der Waals surface area contributed by atoms with Crippen LogP contribution >= 0.6 is 0 Å². The Kier molecular flexibility index (Phi) is 32.1. The monoisotopic (exact) mass is 590 g/mol. The van der Waals surface area contributed by atoms with Crippen LogP contribution in [0.25, 0.3) is 0 Å². The Morgan fingerprint density at radius 3 is 1.50 bits per heavy atom. The predicted molar refractivity (Wildman–Crippen MR) is 178 cm³/mol. The van der Waals surface area contributed by atoms with Crippen LogP contribution in [0.2, 0.25) is 0 Å². The van der Waals surface area contributed by atoms with Gasteiger partial charge in [-0.3, -0.25) is 9.59 Å². The number of ether oxygens (including phenoxy) is 2. The van der Waals surface area contributed by atoms with Crippen LogP contribution in [0.1, 0.15) is 168 Å². The molecule has 0 radical (unpaired) electrons. The van der Waals surface area contributed by atoms with E-state index in [1.165, 1.54) is 77.0 Å². The Balaban J connectivity index is 3.62. The highest BCUT2D eigenvalue weighted by Crippen LogP contribution is 2.11. The van der Waals surface area contributed by atoms with Crippen LogP contribution in [0, 0.1) is 0 Å². The van der Waals surface area contributed by atoms with E-state index in [2.05, 4.69) is 50.3 Å². The van der Waals surface area contributed by atoms with Crippen molar-refractivity contribution in [3.8, 4) is 0 Å². The van der Waals surface area contributed by atoms with Gasteiger partial charge in [0.05, 0.1) is 6.61 Å². The number of rotatable bonds is 31. The van der Waals surface area contributed by atoms with Gasteiger partial charge in [-0.15, -0.1) is 0 Å². The molecule has 0 heterocycles. The summed E-state index contributed by atoms with van der Waals surface area (Å²) in [5.41, 5.74) is 0. The van der Waals surface area contributed by atoms with Gasteiger partial charge in [-0.1, -0.05) is 127 Å². The highest BCUT2D eigenvalue weighted by atomic mass is 16.6. The first-order valence-corrected chi connectivity index (χ1v) is 17.5. The van der Waals surface area contributed by atoms with E-state index in [1.807, 2.05) is 0 Å². The Bertz CT molecular complexity index is 682. The minimum absolute atomic E-state index is 0.0753. The fraction of sp³-hybridized carbons (Fsp3) is 0.784. The van der Waals surface area contributed by atoms with E-state index < -0.39 is 6.10 Å². The summed E-state index contributed by atoms with van der Waals surface area (Å²) in [5.74, 6) is -0.619. The largest absolute Gasteiger partial charge is 0.462 e. The maximum atomic E-state index is 12.1. The molecule has 0 spiro atoms. The Hall–Kier alpha value is -1.88. The number of carbonyl (C=O) groups is 2. The van der Waals surface area contributed by atoms with E-state index in [1.54, 1.807) is 0 Å². The molecule has 0 aromatic carbocycles. The number of esters is 2. The van der Waals surface area contributed by atoms with Gasteiger partial charge in [-0.25, -0.2) is 0 Å². The molecule has 0 saturated carbocycles. The van der Waals surface area contributed by atoms with Gasteiger partial charge < -0.3 is 14.6 Å². The first-order chi connectivity index (χ1) is 20.6. The minimum Gasteiger partial charge on any atom is -0.462 e. The molecule has 0 fully saturated rings. The normalized spacial score (nSPS) is 12.5. The van der Waals surface area contributed by atoms with Crippen molar-refractivity contribution in [3.63, 3.8) is 0 Å². The second-order valence-corrected chi connectivity index (χ2v) is 11.6. The van der Waals surface area contributed by atoms with E-state index in [-0.39, 0.29) is 25.2 Å². The number of allylic oxidation sites excluding steroid dienone is 6. The van der Waals surface area contributed by atoms with Crippen molar-refractivity contribution in [2.75, 3.05) is 13.2 Å². The van der Waals surface area contributed by atoms with Crippen LogP contribution in [0.4, 0.5) is 0 Å². The van der Waals surface area contributed by atoms with Gasteiger partial charge >= 0.3 is 11.9 Å².